The van der Waals surface area contributed by atoms with Gasteiger partial charge in [0.2, 0.25) is 0 Å². The van der Waals surface area contributed by atoms with Crippen molar-refractivity contribution in [1.82, 2.24) is 0 Å². The van der Waals surface area contributed by atoms with Gasteiger partial charge in [-0.25, -0.2) is 0 Å². The van der Waals surface area contributed by atoms with Gasteiger partial charge in [0.15, 0.2) is 5.79 Å². The Bertz CT molecular complexity index is 140. The minimum absolute atomic E-state index is 0.221. The smallest absolute Gasteiger partial charge is 0.170 e. The van der Waals surface area contributed by atoms with Gasteiger partial charge >= 0.3 is 0 Å². The first-order valence-corrected chi connectivity index (χ1v) is 4.27. The molecule has 0 aromatic carbocycles. The molecule has 1 spiro atoms. The van der Waals surface area contributed by atoms with Crippen LogP contribution in [0.3, 0.4) is 0 Å². The second-order valence-corrected chi connectivity index (χ2v) is 3.36. The molecular weight excluding hydrogens is 144 g/mol. The molecule has 0 aromatic heterocycles. The molecule has 0 radical (unpaired) electrons. The normalized spacial score (nSPS) is 45.0. The van der Waals surface area contributed by atoms with Gasteiger partial charge in [0.1, 0.15) is 0 Å². The Morgan fingerprint density at radius 3 is 2.73 bits per heavy atom. The summed E-state index contributed by atoms with van der Waals surface area (Å²) in [5.74, 6) is -0.405. The molecule has 0 amide bonds. The topological polar surface area (TPSA) is 38.7 Å². The van der Waals surface area contributed by atoms with Gasteiger partial charge in [0.25, 0.3) is 0 Å². The van der Waals surface area contributed by atoms with Crippen molar-refractivity contribution in [2.24, 2.45) is 0 Å². The maximum Gasteiger partial charge on any atom is 0.170 e. The van der Waals surface area contributed by atoms with Crippen molar-refractivity contribution in [3.63, 3.8) is 0 Å². The van der Waals surface area contributed by atoms with E-state index in [1.807, 2.05) is 0 Å². The summed E-state index contributed by atoms with van der Waals surface area (Å²) in [6, 6.07) is 0. The third-order valence-corrected chi connectivity index (χ3v) is 2.43. The van der Waals surface area contributed by atoms with Gasteiger partial charge < -0.3 is 14.6 Å². The van der Waals surface area contributed by atoms with Crippen molar-refractivity contribution in [2.45, 2.75) is 37.6 Å². The van der Waals surface area contributed by atoms with Crippen LogP contribution in [0.1, 0.15) is 25.7 Å². The van der Waals surface area contributed by atoms with Gasteiger partial charge in [0, 0.05) is 12.8 Å². The molecule has 2 atom stereocenters. The molecule has 2 fully saturated rings. The van der Waals surface area contributed by atoms with Gasteiger partial charge in [-0.2, -0.15) is 0 Å². The average molecular weight is 158 g/mol. The summed E-state index contributed by atoms with van der Waals surface area (Å²) in [4.78, 5) is 0. The minimum atomic E-state index is -0.405. The zero-order valence-corrected chi connectivity index (χ0v) is 6.58. The van der Waals surface area contributed by atoms with E-state index in [0.29, 0.717) is 13.0 Å². The highest BCUT2D eigenvalue weighted by atomic mass is 16.7. The van der Waals surface area contributed by atoms with Crippen LogP contribution in [0.2, 0.25) is 0 Å². The number of hydrogen-bond donors (Lipinski definition) is 1. The lowest BCUT2D eigenvalue weighted by Gasteiger charge is -2.35. The number of aliphatic hydroxyl groups is 1. The minimum Gasteiger partial charge on any atom is -0.393 e. The fourth-order valence-electron chi connectivity index (χ4n) is 1.85. The van der Waals surface area contributed by atoms with E-state index in [1.54, 1.807) is 0 Å². The van der Waals surface area contributed by atoms with Crippen LogP contribution in [-0.4, -0.2) is 30.2 Å². The fourth-order valence-corrected chi connectivity index (χ4v) is 1.85. The van der Waals surface area contributed by atoms with Crippen molar-refractivity contribution in [2.75, 3.05) is 13.2 Å². The Morgan fingerprint density at radius 1 is 1.27 bits per heavy atom. The van der Waals surface area contributed by atoms with Crippen LogP contribution < -0.4 is 0 Å². The van der Waals surface area contributed by atoms with E-state index < -0.39 is 5.79 Å². The number of aliphatic hydroxyl groups excluding tert-OH is 1. The predicted octanol–water partition coefficient (Wildman–Crippen LogP) is 0.664. The van der Waals surface area contributed by atoms with Gasteiger partial charge in [-0.15, -0.1) is 0 Å². The van der Waals surface area contributed by atoms with Gasteiger partial charge in [-0.05, 0) is 12.8 Å². The Hall–Kier alpha value is -0.120. The Labute approximate surface area is 66.3 Å². The molecule has 2 saturated heterocycles. The molecule has 0 aromatic rings. The average Bonchev–Trinajstić information content (AvgIpc) is 2.37. The zero-order chi connectivity index (χ0) is 7.73. The Balaban J connectivity index is 2.00. The lowest BCUT2D eigenvalue weighted by Crippen LogP contribution is -2.41. The van der Waals surface area contributed by atoms with Crippen molar-refractivity contribution in [1.29, 1.82) is 0 Å². The van der Waals surface area contributed by atoms with Crippen LogP contribution in [0, 0.1) is 0 Å². The van der Waals surface area contributed by atoms with Gasteiger partial charge in [0.05, 0.1) is 19.3 Å². The highest BCUT2D eigenvalue weighted by molar-refractivity contribution is 4.82. The van der Waals surface area contributed by atoms with Crippen molar-refractivity contribution >= 4 is 0 Å². The van der Waals surface area contributed by atoms with Crippen LogP contribution in [0.5, 0.6) is 0 Å². The molecule has 2 aliphatic rings. The van der Waals surface area contributed by atoms with Crippen LogP contribution >= 0.6 is 0 Å². The summed E-state index contributed by atoms with van der Waals surface area (Å²) < 4.78 is 11.0. The first-order chi connectivity index (χ1) is 5.31. The Morgan fingerprint density at radius 2 is 2.09 bits per heavy atom. The number of ether oxygens (including phenoxy) is 2. The lowest BCUT2D eigenvalue weighted by atomic mass is 10.0. The first-order valence-electron chi connectivity index (χ1n) is 4.27. The molecule has 2 aliphatic heterocycles. The highest BCUT2D eigenvalue weighted by Gasteiger charge is 2.40. The monoisotopic (exact) mass is 158 g/mol. The third-order valence-electron chi connectivity index (χ3n) is 2.43. The summed E-state index contributed by atoms with van der Waals surface area (Å²) in [6.07, 6.45) is 3.20. The lowest BCUT2D eigenvalue weighted by molar-refractivity contribution is -0.247. The number of hydrogen-bond acceptors (Lipinski definition) is 3. The van der Waals surface area contributed by atoms with Crippen molar-refractivity contribution in [3.05, 3.63) is 0 Å². The predicted molar refractivity (Wildman–Crippen MR) is 39.1 cm³/mol. The van der Waals surface area contributed by atoms with Crippen LogP contribution in [0.25, 0.3) is 0 Å². The van der Waals surface area contributed by atoms with Crippen LogP contribution in [0.4, 0.5) is 0 Å². The summed E-state index contributed by atoms with van der Waals surface area (Å²) in [6.45, 7) is 1.42. The highest BCUT2D eigenvalue weighted by Crippen LogP contribution is 2.35. The molecule has 64 valence electrons. The Kier molecular flexibility index (Phi) is 1.87. The van der Waals surface area contributed by atoms with Gasteiger partial charge in [-0.3, -0.25) is 0 Å². The van der Waals surface area contributed by atoms with E-state index in [-0.39, 0.29) is 6.10 Å². The van der Waals surface area contributed by atoms with E-state index in [9.17, 15) is 5.11 Å². The van der Waals surface area contributed by atoms with Crippen molar-refractivity contribution in [3.8, 4) is 0 Å². The molecule has 0 unspecified atom stereocenters. The third kappa shape index (κ3) is 1.41. The molecule has 0 saturated carbocycles. The molecule has 0 aliphatic carbocycles. The first kappa shape index (κ1) is 7.53. The maximum absolute atomic E-state index is 9.37. The second kappa shape index (κ2) is 2.73. The van der Waals surface area contributed by atoms with E-state index in [4.69, 9.17) is 9.47 Å². The van der Waals surface area contributed by atoms with E-state index in [1.165, 1.54) is 0 Å². The summed E-state index contributed by atoms with van der Waals surface area (Å²) in [5.41, 5.74) is 0. The number of rotatable bonds is 0. The summed E-state index contributed by atoms with van der Waals surface area (Å²) in [5, 5.41) is 9.37. The largest absolute Gasteiger partial charge is 0.393 e. The standard InChI is InChI=1S/C8H14O3/c9-7-2-5-11-8(6-7)3-1-4-10-8/h7,9H,1-6H2/t7-,8+/m0/s1. The van der Waals surface area contributed by atoms with Crippen molar-refractivity contribution < 1.29 is 14.6 Å². The van der Waals surface area contributed by atoms with E-state index in [0.717, 1.165) is 25.9 Å². The molecule has 3 nitrogen and oxygen atoms in total. The van der Waals surface area contributed by atoms with E-state index >= 15 is 0 Å². The quantitative estimate of drug-likeness (QED) is 0.563. The molecule has 2 heterocycles. The molecule has 11 heavy (non-hydrogen) atoms. The second-order valence-electron chi connectivity index (χ2n) is 3.36. The van der Waals surface area contributed by atoms with Crippen LogP contribution in [0.15, 0.2) is 0 Å². The zero-order valence-electron chi connectivity index (χ0n) is 6.58. The van der Waals surface area contributed by atoms with Gasteiger partial charge in [-0.1, -0.05) is 0 Å². The molecule has 2 rings (SSSR count). The van der Waals surface area contributed by atoms with Crippen LogP contribution in [-0.2, 0) is 9.47 Å². The molecule has 0 bridgehead atoms. The molecule has 3 heteroatoms. The molecular formula is C8H14O3. The van der Waals surface area contributed by atoms with E-state index in [2.05, 4.69) is 0 Å². The maximum atomic E-state index is 9.37. The summed E-state index contributed by atoms with van der Waals surface area (Å²) in [7, 11) is 0. The summed E-state index contributed by atoms with van der Waals surface area (Å²) >= 11 is 0. The fraction of sp³-hybridized carbons (Fsp3) is 1.00. The SMILES string of the molecule is O[C@H]1CCO[C@]2(CCCO2)C1. The molecule has 1 N–H and O–H groups in total.